The van der Waals surface area contributed by atoms with Crippen LogP contribution in [-0.2, 0) is 25.7 Å². The second-order valence-corrected chi connectivity index (χ2v) is 12.3. The Morgan fingerprint density at radius 1 is 1.36 bits per heavy atom. The number of alkyl halides is 1. The SMILES string of the molecule is C[C@@H](CC(=O)Cn1cnnn1)[C@H]1C(=O)N2C(C(=O)O)=C(S[C@@H]3CN[C@H](C(=O)N4CCC(N)C(F)C4)C3)[C@H](C)[C@H]12. The molecular weight excluding hydrogens is 531 g/mol. The highest BCUT2D eigenvalue weighted by atomic mass is 32.2. The van der Waals surface area contributed by atoms with E-state index in [1.54, 1.807) is 0 Å². The number of piperidine rings is 1. The molecule has 4 N–H and O–H groups in total. The number of ketones is 1. The lowest BCUT2D eigenvalue weighted by Gasteiger charge is -2.47. The van der Waals surface area contributed by atoms with E-state index in [9.17, 15) is 28.7 Å². The summed E-state index contributed by atoms with van der Waals surface area (Å²) in [5.41, 5.74) is 5.73. The summed E-state index contributed by atoms with van der Waals surface area (Å²) in [4.78, 5) is 54.4. The molecule has 3 fully saturated rings. The van der Waals surface area contributed by atoms with Crippen LogP contribution < -0.4 is 11.1 Å². The number of fused-ring (bicyclic) bond motifs is 1. The standard InChI is InChI=1S/C24H33FN8O5S/c1-11(5-13(34)8-32-10-28-29-30-32)18-19-12(2)21(20(24(37)38)33(19)23(18)36)39-14-6-17(27-7-14)22(35)31-4-3-16(26)15(25)9-31/h10-12,14-19,27H,3-9,26H2,1-2H3,(H,37,38)/t11-,12+,14-,15?,16?,17-,18+,19+/m0/s1. The zero-order chi connectivity index (χ0) is 28.0. The summed E-state index contributed by atoms with van der Waals surface area (Å²) in [5.74, 6) is -2.72. The van der Waals surface area contributed by atoms with Crippen LogP contribution in [0.25, 0.3) is 0 Å². The lowest BCUT2D eigenvalue weighted by Crippen LogP contribution is -2.62. The predicted octanol–water partition coefficient (Wildman–Crippen LogP) is -0.597. The van der Waals surface area contributed by atoms with E-state index in [4.69, 9.17) is 5.73 Å². The Balaban J connectivity index is 1.22. The Bertz CT molecular complexity index is 1180. The summed E-state index contributed by atoms with van der Waals surface area (Å²) in [6.07, 6.45) is 1.13. The highest BCUT2D eigenvalue weighted by Crippen LogP contribution is 2.53. The summed E-state index contributed by atoms with van der Waals surface area (Å²) >= 11 is 1.39. The maximum absolute atomic E-state index is 14.1. The number of carbonyl (C=O) groups excluding carboxylic acids is 3. The van der Waals surface area contributed by atoms with Crippen LogP contribution in [0, 0.1) is 17.8 Å². The van der Waals surface area contributed by atoms with Crippen molar-refractivity contribution < 1.29 is 28.7 Å². The fourth-order valence-corrected chi connectivity index (χ4v) is 7.73. The van der Waals surface area contributed by atoms with E-state index in [0.717, 1.165) is 0 Å². The van der Waals surface area contributed by atoms with Crippen LogP contribution in [0.4, 0.5) is 4.39 Å². The number of rotatable bonds is 9. The van der Waals surface area contributed by atoms with Gasteiger partial charge in [0.05, 0.1) is 24.5 Å². The van der Waals surface area contributed by atoms with Gasteiger partial charge in [-0.2, -0.15) is 0 Å². The molecule has 0 aliphatic carbocycles. The minimum atomic E-state index is -1.25. The van der Waals surface area contributed by atoms with Crippen molar-refractivity contribution >= 4 is 35.3 Å². The maximum Gasteiger partial charge on any atom is 0.353 e. The van der Waals surface area contributed by atoms with Crippen LogP contribution in [0.2, 0.25) is 0 Å². The third kappa shape index (κ3) is 5.18. The van der Waals surface area contributed by atoms with Gasteiger partial charge in [-0.25, -0.2) is 13.9 Å². The maximum atomic E-state index is 14.1. The van der Waals surface area contributed by atoms with Crippen molar-refractivity contribution in [2.45, 2.75) is 69.2 Å². The van der Waals surface area contributed by atoms with Gasteiger partial charge in [0.15, 0.2) is 5.78 Å². The molecule has 0 radical (unpaired) electrons. The van der Waals surface area contributed by atoms with Crippen LogP contribution in [0.15, 0.2) is 16.9 Å². The Hall–Kier alpha value is -2.91. The summed E-state index contributed by atoms with van der Waals surface area (Å²) in [5, 5.41) is 23.9. The van der Waals surface area contributed by atoms with Crippen molar-refractivity contribution in [1.29, 1.82) is 0 Å². The summed E-state index contributed by atoms with van der Waals surface area (Å²) < 4.78 is 15.4. The van der Waals surface area contributed by atoms with Gasteiger partial charge >= 0.3 is 5.97 Å². The van der Waals surface area contributed by atoms with Gasteiger partial charge in [-0.3, -0.25) is 14.4 Å². The van der Waals surface area contributed by atoms with Gasteiger partial charge in [0.2, 0.25) is 11.8 Å². The molecule has 0 bridgehead atoms. The van der Waals surface area contributed by atoms with Crippen molar-refractivity contribution in [1.82, 2.24) is 35.3 Å². The normalized spacial score (nSPS) is 33.2. The smallest absolute Gasteiger partial charge is 0.353 e. The number of Topliss-reactive ketones (excluding diaryl/α,β-unsaturated/α-hetero) is 1. The molecule has 15 heteroatoms. The number of tetrazole rings is 1. The molecule has 5 heterocycles. The quantitative estimate of drug-likeness (QED) is 0.327. The molecule has 0 spiro atoms. The van der Waals surface area contributed by atoms with Gasteiger partial charge in [-0.1, -0.05) is 13.8 Å². The van der Waals surface area contributed by atoms with E-state index in [1.807, 2.05) is 13.8 Å². The van der Waals surface area contributed by atoms with Gasteiger partial charge in [-0.05, 0) is 29.2 Å². The van der Waals surface area contributed by atoms with Crippen LogP contribution in [0.5, 0.6) is 0 Å². The first-order valence-electron chi connectivity index (χ1n) is 13.2. The first-order valence-corrected chi connectivity index (χ1v) is 14.1. The van der Waals surface area contributed by atoms with Crippen LogP contribution in [0.3, 0.4) is 0 Å². The molecule has 4 aliphatic rings. The highest BCUT2D eigenvalue weighted by Gasteiger charge is 2.60. The van der Waals surface area contributed by atoms with Gasteiger partial charge in [0.25, 0.3) is 0 Å². The fraction of sp³-hybridized carbons (Fsp3) is 0.708. The molecule has 1 aromatic heterocycles. The van der Waals surface area contributed by atoms with Gasteiger partial charge in [0.1, 0.15) is 24.7 Å². The number of carboxylic acid groups (broad SMARTS) is 1. The molecule has 3 saturated heterocycles. The molecule has 39 heavy (non-hydrogen) atoms. The monoisotopic (exact) mass is 564 g/mol. The number of carboxylic acids is 1. The number of nitrogens with two attached hydrogens (primary N) is 1. The van der Waals surface area contributed by atoms with Gasteiger partial charge in [0, 0.05) is 41.6 Å². The molecule has 2 amide bonds. The summed E-state index contributed by atoms with van der Waals surface area (Å²) in [6.45, 7) is 4.64. The number of nitrogens with one attached hydrogen (secondary N) is 1. The van der Waals surface area contributed by atoms with E-state index in [-0.39, 0.29) is 65.9 Å². The molecule has 2 unspecified atom stereocenters. The van der Waals surface area contributed by atoms with Gasteiger partial charge < -0.3 is 26.0 Å². The molecule has 1 aromatic rings. The zero-order valence-corrected chi connectivity index (χ0v) is 22.6. The predicted molar refractivity (Wildman–Crippen MR) is 136 cm³/mol. The van der Waals surface area contributed by atoms with E-state index >= 15 is 0 Å². The number of halogens is 1. The molecular formula is C24H33FN8O5S. The third-order valence-corrected chi connectivity index (χ3v) is 9.78. The number of likely N-dealkylation sites (tertiary alicyclic amines) is 1. The molecule has 212 valence electrons. The Labute approximate surface area is 228 Å². The minimum Gasteiger partial charge on any atom is -0.477 e. The Kier molecular flexibility index (Phi) is 7.75. The van der Waals surface area contributed by atoms with Crippen LogP contribution in [0.1, 0.15) is 33.1 Å². The fourth-order valence-electron chi connectivity index (χ4n) is 6.26. The van der Waals surface area contributed by atoms with Gasteiger partial charge in [-0.15, -0.1) is 16.9 Å². The van der Waals surface area contributed by atoms with E-state index in [2.05, 4.69) is 20.8 Å². The first-order chi connectivity index (χ1) is 18.6. The minimum absolute atomic E-state index is 0.00664. The molecule has 4 aliphatic heterocycles. The first kappa shape index (κ1) is 27.6. The number of nitrogens with zero attached hydrogens (tertiary/aromatic N) is 6. The molecule has 5 rings (SSSR count). The second-order valence-electron chi connectivity index (χ2n) is 10.9. The summed E-state index contributed by atoms with van der Waals surface area (Å²) in [7, 11) is 0. The Morgan fingerprint density at radius 3 is 2.79 bits per heavy atom. The lowest BCUT2D eigenvalue weighted by atomic mass is 9.73. The van der Waals surface area contributed by atoms with Crippen LogP contribution >= 0.6 is 11.8 Å². The lowest BCUT2D eigenvalue weighted by molar-refractivity contribution is -0.160. The number of β-lactam (4-membered cyclic amide) rings is 1. The number of hydrogen-bond donors (Lipinski definition) is 3. The third-order valence-electron chi connectivity index (χ3n) is 8.27. The van der Waals surface area contributed by atoms with E-state index in [1.165, 1.54) is 32.6 Å². The Morgan fingerprint density at radius 2 is 2.13 bits per heavy atom. The highest BCUT2D eigenvalue weighted by molar-refractivity contribution is 8.03. The molecule has 13 nitrogen and oxygen atoms in total. The van der Waals surface area contributed by atoms with E-state index in [0.29, 0.717) is 30.8 Å². The number of carbonyl (C=O) groups is 4. The van der Waals surface area contributed by atoms with Crippen molar-refractivity contribution in [2.75, 3.05) is 19.6 Å². The topological polar surface area (TPSA) is 177 Å². The van der Waals surface area contributed by atoms with E-state index < -0.39 is 30.1 Å². The largest absolute Gasteiger partial charge is 0.477 e. The van der Waals surface area contributed by atoms with Crippen molar-refractivity contribution in [3.05, 3.63) is 16.9 Å². The number of thioether (sulfide) groups is 1. The van der Waals surface area contributed by atoms with Crippen molar-refractivity contribution in [3.8, 4) is 0 Å². The second kappa shape index (κ2) is 10.9. The average Bonchev–Trinajstić information content (AvgIpc) is 3.61. The summed E-state index contributed by atoms with van der Waals surface area (Å²) in [6, 6.07) is -1.37. The number of hydrogen-bond acceptors (Lipinski definition) is 10. The van der Waals surface area contributed by atoms with Crippen molar-refractivity contribution in [2.24, 2.45) is 23.5 Å². The molecule has 0 saturated carbocycles. The number of amides is 2. The average molecular weight is 565 g/mol. The molecule has 0 aromatic carbocycles. The number of aliphatic carboxylic acids is 1. The van der Waals surface area contributed by atoms with Crippen molar-refractivity contribution in [3.63, 3.8) is 0 Å². The zero-order valence-electron chi connectivity index (χ0n) is 21.8. The van der Waals surface area contributed by atoms with Crippen LogP contribution in [-0.4, -0.2) is 108 Å². The number of aromatic nitrogens is 4. The molecule has 8 atom stereocenters.